The van der Waals surface area contributed by atoms with Gasteiger partial charge in [0.15, 0.2) is 0 Å². The third-order valence-electron chi connectivity index (χ3n) is 3.82. The van der Waals surface area contributed by atoms with E-state index in [1.807, 2.05) is 7.05 Å². The predicted octanol–water partition coefficient (Wildman–Crippen LogP) is 1.92. The molecule has 2 fully saturated rings. The van der Waals surface area contributed by atoms with Crippen LogP contribution in [0.1, 0.15) is 38.5 Å². The van der Waals surface area contributed by atoms with Gasteiger partial charge < -0.3 is 5.32 Å². The largest absolute Gasteiger partial charge is 0.316 e. The minimum Gasteiger partial charge on any atom is -0.316 e. The molecule has 88 valence electrons. The fourth-order valence-corrected chi connectivity index (χ4v) is 4.50. The van der Waals surface area contributed by atoms with E-state index in [2.05, 4.69) is 5.32 Å². The molecule has 0 bridgehead atoms. The van der Waals surface area contributed by atoms with Crippen LogP contribution in [0.2, 0.25) is 0 Å². The highest BCUT2D eigenvalue weighted by molar-refractivity contribution is 7.85. The van der Waals surface area contributed by atoms with E-state index in [0.29, 0.717) is 6.04 Å². The van der Waals surface area contributed by atoms with Crippen molar-refractivity contribution < 1.29 is 4.21 Å². The van der Waals surface area contributed by atoms with Crippen molar-refractivity contribution in [1.29, 1.82) is 0 Å². The maximum absolute atomic E-state index is 12.0. The molecule has 0 saturated heterocycles. The van der Waals surface area contributed by atoms with E-state index in [4.69, 9.17) is 0 Å². The van der Waals surface area contributed by atoms with Crippen molar-refractivity contribution in [1.82, 2.24) is 5.32 Å². The fourth-order valence-electron chi connectivity index (χ4n) is 2.66. The first kappa shape index (κ1) is 11.6. The molecule has 0 heterocycles. The second-order valence-electron chi connectivity index (χ2n) is 5.16. The molecule has 2 saturated carbocycles. The molecule has 0 spiro atoms. The molecule has 0 amide bonds. The zero-order valence-corrected chi connectivity index (χ0v) is 10.5. The van der Waals surface area contributed by atoms with Crippen LogP contribution >= 0.6 is 0 Å². The summed E-state index contributed by atoms with van der Waals surface area (Å²) in [5.74, 6) is 3.44. The molecular weight excluding hydrogens is 206 g/mol. The van der Waals surface area contributed by atoms with Crippen LogP contribution in [0.3, 0.4) is 0 Å². The standard InChI is InChI=1S/C12H23NOS/c1-13-12(11-6-7-11)9-15(14)8-10-4-2-3-5-10/h10-13H,2-9H2,1H3. The van der Waals surface area contributed by atoms with Crippen molar-refractivity contribution in [3.05, 3.63) is 0 Å². The molecule has 0 aromatic heterocycles. The van der Waals surface area contributed by atoms with Crippen molar-refractivity contribution in [3.63, 3.8) is 0 Å². The van der Waals surface area contributed by atoms with Crippen LogP contribution < -0.4 is 5.32 Å². The van der Waals surface area contributed by atoms with E-state index in [0.717, 1.165) is 23.3 Å². The smallest absolute Gasteiger partial charge is 0.0391 e. The fraction of sp³-hybridized carbons (Fsp3) is 1.00. The summed E-state index contributed by atoms with van der Waals surface area (Å²) in [4.78, 5) is 0. The summed E-state index contributed by atoms with van der Waals surface area (Å²) in [5.41, 5.74) is 0. The zero-order valence-electron chi connectivity index (χ0n) is 9.71. The van der Waals surface area contributed by atoms with Gasteiger partial charge in [-0.3, -0.25) is 4.21 Å². The van der Waals surface area contributed by atoms with E-state index in [1.54, 1.807) is 0 Å². The van der Waals surface area contributed by atoms with Gasteiger partial charge in [-0.15, -0.1) is 0 Å². The number of hydrogen-bond donors (Lipinski definition) is 1. The summed E-state index contributed by atoms with van der Waals surface area (Å²) in [6, 6.07) is 0.521. The monoisotopic (exact) mass is 229 g/mol. The van der Waals surface area contributed by atoms with E-state index >= 15 is 0 Å². The van der Waals surface area contributed by atoms with Crippen molar-refractivity contribution in [2.75, 3.05) is 18.6 Å². The van der Waals surface area contributed by atoms with Crippen molar-refractivity contribution in [3.8, 4) is 0 Å². The highest BCUT2D eigenvalue weighted by Crippen LogP contribution is 2.33. The molecule has 2 unspecified atom stereocenters. The number of rotatable bonds is 6. The predicted molar refractivity (Wildman–Crippen MR) is 65.4 cm³/mol. The van der Waals surface area contributed by atoms with E-state index < -0.39 is 10.8 Å². The van der Waals surface area contributed by atoms with Gasteiger partial charge in [0.2, 0.25) is 0 Å². The maximum atomic E-state index is 12.0. The molecule has 15 heavy (non-hydrogen) atoms. The third kappa shape index (κ3) is 3.56. The lowest BCUT2D eigenvalue weighted by atomic mass is 10.1. The summed E-state index contributed by atoms with van der Waals surface area (Å²) in [6.07, 6.45) is 8.04. The van der Waals surface area contributed by atoms with Crippen molar-refractivity contribution in [2.45, 2.75) is 44.6 Å². The second-order valence-corrected chi connectivity index (χ2v) is 6.70. The van der Waals surface area contributed by atoms with Gasteiger partial charge in [0.1, 0.15) is 0 Å². The quantitative estimate of drug-likeness (QED) is 0.754. The Morgan fingerprint density at radius 3 is 2.47 bits per heavy atom. The molecule has 0 aromatic carbocycles. The Labute approximate surface area is 95.7 Å². The lowest BCUT2D eigenvalue weighted by Crippen LogP contribution is -2.34. The first-order chi connectivity index (χ1) is 7.29. The van der Waals surface area contributed by atoms with Gasteiger partial charge in [0, 0.05) is 28.3 Å². The van der Waals surface area contributed by atoms with Crippen LogP contribution in [-0.2, 0) is 10.8 Å². The highest BCUT2D eigenvalue weighted by Gasteiger charge is 2.31. The van der Waals surface area contributed by atoms with Gasteiger partial charge in [0.05, 0.1) is 0 Å². The van der Waals surface area contributed by atoms with Crippen LogP contribution in [0.25, 0.3) is 0 Å². The van der Waals surface area contributed by atoms with Gasteiger partial charge in [-0.25, -0.2) is 0 Å². The molecule has 2 aliphatic carbocycles. The van der Waals surface area contributed by atoms with Gasteiger partial charge in [0.25, 0.3) is 0 Å². The van der Waals surface area contributed by atoms with Crippen LogP contribution in [0.4, 0.5) is 0 Å². The Morgan fingerprint density at radius 2 is 1.93 bits per heavy atom. The Kier molecular flexibility index (Phi) is 4.21. The van der Waals surface area contributed by atoms with Crippen LogP contribution in [-0.4, -0.2) is 28.8 Å². The van der Waals surface area contributed by atoms with Crippen molar-refractivity contribution in [2.24, 2.45) is 11.8 Å². The Hall–Kier alpha value is 0.110. The summed E-state index contributed by atoms with van der Waals surface area (Å²) >= 11 is 0. The van der Waals surface area contributed by atoms with Crippen molar-refractivity contribution >= 4 is 10.8 Å². The average molecular weight is 229 g/mol. The minimum atomic E-state index is -0.583. The first-order valence-electron chi connectivity index (χ1n) is 6.32. The third-order valence-corrected chi connectivity index (χ3v) is 5.40. The van der Waals surface area contributed by atoms with Gasteiger partial charge in [-0.1, -0.05) is 12.8 Å². The second kappa shape index (κ2) is 5.44. The van der Waals surface area contributed by atoms with Gasteiger partial charge in [-0.05, 0) is 44.6 Å². The zero-order chi connectivity index (χ0) is 10.7. The SMILES string of the molecule is CNC(CS(=O)CC1CCCC1)C1CC1. The summed E-state index contributed by atoms with van der Waals surface area (Å²) in [6.45, 7) is 0. The average Bonchev–Trinajstić information content (AvgIpc) is 2.95. The number of nitrogens with one attached hydrogen (secondary N) is 1. The van der Waals surface area contributed by atoms with E-state index in [1.165, 1.54) is 38.5 Å². The van der Waals surface area contributed by atoms with Crippen LogP contribution in [0.15, 0.2) is 0 Å². The highest BCUT2D eigenvalue weighted by atomic mass is 32.2. The Morgan fingerprint density at radius 1 is 1.27 bits per heavy atom. The Bertz CT molecular complexity index is 222. The molecule has 0 aromatic rings. The number of hydrogen-bond acceptors (Lipinski definition) is 2. The normalized spacial score (nSPS) is 26.7. The van der Waals surface area contributed by atoms with Gasteiger partial charge >= 0.3 is 0 Å². The molecule has 2 nitrogen and oxygen atoms in total. The van der Waals surface area contributed by atoms with E-state index in [-0.39, 0.29) is 0 Å². The molecule has 3 heteroatoms. The molecule has 2 rings (SSSR count). The summed E-state index contributed by atoms with van der Waals surface area (Å²) in [7, 11) is 1.43. The lowest BCUT2D eigenvalue weighted by Gasteiger charge is -2.16. The van der Waals surface area contributed by atoms with Gasteiger partial charge in [-0.2, -0.15) is 0 Å². The topological polar surface area (TPSA) is 29.1 Å². The molecule has 2 atom stereocenters. The molecule has 2 aliphatic rings. The minimum absolute atomic E-state index is 0.521. The molecule has 0 aliphatic heterocycles. The van der Waals surface area contributed by atoms with E-state index in [9.17, 15) is 4.21 Å². The molecule has 1 N–H and O–H groups in total. The lowest BCUT2D eigenvalue weighted by molar-refractivity contribution is 0.541. The Balaban J connectivity index is 1.70. The van der Waals surface area contributed by atoms with Crippen LogP contribution in [0, 0.1) is 11.8 Å². The molecular formula is C12H23NOS. The summed E-state index contributed by atoms with van der Waals surface area (Å²) in [5, 5.41) is 3.33. The summed E-state index contributed by atoms with van der Waals surface area (Å²) < 4.78 is 12.0. The maximum Gasteiger partial charge on any atom is 0.0391 e. The first-order valence-corrected chi connectivity index (χ1v) is 7.80. The van der Waals surface area contributed by atoms with Crippen LogP contribution in [0.5, 0.6) is 0 Å². The molecule has 0 radical (unpaired) electrons.